The number of carbonyl (C=O) groups excluding carboxylic acids is 1. The van der Waals surface area contributed by atoms with E-state index in [9.17, 15) is 4.79 Å². The number of oxime groups is 1. The van der Waals surface area contributed by atoms with Gasteiger partial charge in [0.2, 0.25) is 0 Å². The number of nitrogens with zero attached hydrogens (tertiary/aromatic N) is 1. The normalized spacial score (nSPS) is 32.1. The first kappa shape index (κ1) is 11.6. The van der Waals surface area contributed by atoms with E-state index < -0.39 is 5.60 Å². The molecule has 2 aliphatic rings. The van der Waals surface area contributed by atoms with Gasteiger partial charge in [0.15, 0.2) is 11.4 Å². The van der Waals surface area contributed by atoms with E-state index in [2.05, 4.69) is 12.1 Å². The third-order valence-corrected chi connectivity index (χ3v) is 3.43. The minimum absolute atomic E-state index is 0.146. The maximum atomic E-state index is 12.1. The lowest BCUT2D eigenvalue weighted by Crippen LogP contribution is -2.42. The van der Waals surface area contributed by atoms with Crippen molar-refractivity contribution in [3.63, 3.8) is 0 Å². The van der Waals surface area contributed by atoms with Crippen molar-refractivity contribution in [2.75, 3.05) is 13.2 Å². The zero-order chi connectivity index (χ0) is 11.6. The van der Waals surface area contributed by atoms with Crippen molar-refractivity contribution in [2.24, 2.45) is 11.1 Å². The first-order chi connectivity index (χ1) is 7.68. The SMILES string of the molecule is CCCCCC(=O)[C@]1(C)OC[C@H]2CON=C21. The van der Waals surface area contributed by atoms with Gasteiger partial charge < -0.3 is 9.57 Å². The minimum atomic E-state index is -0.811. The molecule has 16 heavy (non-hydrogen) atoms. The summed E-state index contributed by atoms with van der Waals surface area (Å²) in [6.45, 7) is 5.08. The van der Waals surface area contributed by atoms with Crippen LogP contribution in [0.4, 0.5) is 0 Å². The van der Waals surface area contributed by atoms with Crippen LogP contribution in [-0.2, 0) is 14.4 Å². The molecule has 0 aromatic carbocycles. The maximum Gasteiger partial charge on any atom is 0.170 e. The highest BCUT2D eigenvalue weighted by Crippen LogP contribution is 2.33. The van der Waals surface area contributed by atoms with E-state index in [1.807, 2.05) is 6.92 Å². The molecule has 2 heterocycles. The molecule has 0 amide bonds. The van der Waals surface area contributed by atoms with Gasteiger partial charge >= 0.3 is 0 Å². The fourth-order valence-corrected chi connectivity index (χ4v) is 2.29. The Bertz CT molecular complexity index is 313. The fraction of sp³-hybridized carbons (Fsp3) is 0.833. The van der Waals surface area contributed by atoms with Gasteiger partial charge in [-0.2, -0.15) is 0 Å². The number of hydrogen-bond acceptors (Lipinski definition) is 4. The summed E-state index contributed by atoms with van der Waals surface area (Å²) >= 11 is 0. The van der Waals surface area contributed by atoms with E-state index in [-0.39, 0.29) is 11.7 Å². The van der Waals surface area contributed by atoms with Crippen molar-refractivity contribution in [1.29, 1.82) is 0 Å². The largest absolute Gasteiger partial charge is 0.395 e. The molecule has 2 atom stereocenters. The van der Waals surface area contributed by atoms with Gasteiger partial charge in [-0.1, -0.05) is 24.9 Å². The molecule has 0 bridgehead atoms. The van der Waals surface area contributed by atoms with Crippen LogP contribution in [0.1, 0.15) is 39.5 Å². The standard InChI is InChI=1S/C12H19NO3/c1-3-4-5-6-10(14)12(2)11-9(7-15-12)8-16-13-11/h9H,3-8H2,1-2H3/t9-,12-/m0/s1. The Kier molecular flexibility index (Phi) is 3.28. The molecule has 1 saturated heterocycles. The molecule has 0 spiro atoms. The molecule has 0 aliphatic carbocycles. The second kappa shape index (κ2) is 4.53. The molecule has 0 unspecified atom stereocenters. The number of fused-ring (bicyclic) bond motifs is 1. The third-order valence-electron chi connectivity index (χ3n) is 3.43. The molecule has 4 heteroatoms. The number of rotatable bonds is 5. The van der Waals surface area contributed by atoms with Crippen molar-refractivity contribution in [1.82, 2.24) is 0 Å². The van der Waals surface area contributed by atoms with Crippen molar-refractivity contribution in [3.8, 4) is 0 Å². The van der Waals surface area contributed by atoms with Crippen molar-refractivity contribution < 1.29 is 14.4 Å². The molecule has 90 valence electrons. The van der Waals surface area contributed by atoms with E-state index in [1.54, 1.807) is 0 Å². The molecular formula is C12H19NO3. The van der Waals surface area contributed by atoms with Gasteiger partial charge in [-0.05, 0) is 13.3 Å². The summed E-state index contributed by atoms with van der Waals surface area (Å²) in [6.07, 6.45) is 3.73. The summed E-state index contributed by atoms with van der Waals surface area (Å²) in [5.41, 5.74) is -0.0106. The summed E-state index contributed by atoms with van der Waals surface area (Å²) < 4.78 is 5.64. The van der Waals surface area contributed by atoms with Crippen LogP contribution in [0.3, 0.4) is 0 Å². The van der Waals surface area contributed by atoms with Gasteiger partial charge in [-0.15, -0.1) is 0 Å². The number of carbonyl (C=O) groups is 1. The molecule has 4 nitrogen and oxygen atoms in total. The highest BCUT2D eigenvalue weighted by molar-refractivity contribution is 6.14. The van der Waals surface area contributed by atoms with Crippen LogP contribution in [0.5, 0.6) is 0 Å². The molecule has 0 saturated carbocycles. The zero-order valence-electron chi connectivity index (χ0n) is 9.99. The molecule has 1 fully saturated rings. The van der Waals surface area contributed by atoms with Crippen LogP contribution in [0, 0.1) is 5.92 Å². The smallest absolute Gasteiger partial charge is 0.170 e. The van der Waals surface area contributed by atoms with Gasteiger partial charge in [0.1, 0.15) is 12.3 Å². The van der Waals surface area contributed by atoms with Crippen molar-refractivity contribution in [2.45, 2.75) is 45.1 Å². The van der Waals surface area contributed by atoms with Gasteiger partial charge in [0, 0.05) is 6.42 Å². The van der Waals surface area contributed by atoms with Crippen molar-refractivity contribution >= 4 is 11.5 Å². The van der Waals surface area contributed by atoms with Gasteiger partial charge in [0.05, 0.1) is 12.5 Å². The van der Waals surface area contributed by atoms with Crippen LogP contribution in [0.15, 0.2) is 5.16 Å². The van der Waals surface area contributed by atoms with Crippen molar-refractivity contribution in [3.05, 3.63) is 0 Å². The Morgan fingerprint density at radius 2 is 2.31 bits per heavy atom. The van der Waals surface area contributed by atoms with Crippen LogP contribution < -0.4 is 0 Å². The van der Waals surface area contributed by atoms with Crippen LogP contribution >= 0.6 is 0 Å². The Balaban J connectivity index is 1.99. The second-order valence-electron chi connectivity index (χ2n) is 4.69. The Hall–Kier alpha value is -0.900. The fourth-order valence-electron chi connectivity index (χ4n) is 2.29. The van der Waals surface area contributed by atoms with Crippen LogP contribution in [0.2, 0.25) is 0 Å². The van der Waals surface area contributed by atoms with E-state index in [0.29, 0.717) is 19.6 Å². The molecular weight excluding hydrogens is 206 g/mol. The summed E-state index contributed by atoms with van der Waals surface area (Å²) in [7, 11) is 0. The quantitative estimate of drug-likeness (QED) is 0.672. The van der Waals surface area contributed by atoms with Crippen LogP contribution in [0.25, 0.3) is 0 Å². The number of ether oxygens (including phenoxy) is 1. The number of Topliss-reactive ketones (excluding diaryl/α,β-unsaturated/α-hetero) is 1. The Morgan fingerprint density at radius 3 is 3.06 bits per heavy atom. The lowest BCUT2D eigenvalue weighted by molar-refractivity contribution is -0.133. The summed E-state index contributed by atoms with van der Waals surface area (Å²) in [6, 6.07) is 0. The zero-order valence-corrected chi connectivity index (χ0v) is 9.99. The maximum absolute atomic E-state index is 12.1. The summed E-state index contributed by atoms with van der Waals surface area (Å²) in [5, 5.41) is 3.97. The van der Waals surface area contributed by atoms with Gasteiger partial charge in [0.25, 0.3) is 0 Å². The predicted molar refractivity (Wildman–Crippen MR) is 60.4 cm³/mol. The predicted octanol–water partition coefficient (Wildman–Crippen LogP) is 1.93. The average Bonchev–Trinajstić information content (AvgIpc) is 2.84. The summed E-state index contributed by atoms with van der Waals surface area (Å²) in [5.74, 6) is 0.341. The van der Waals surface area contributed by atoms with E-state index in [4.69, 9.17) is 9.57 Å². The Labute approximate surface area is 96.0 Å². The Morgan fingerprint density at radius 1 is 1.50 bits per heavy atom. The third kappa shape index (κ3) is 1.86. The highest BCUT2D eigenvalue weighted by Gasteiger charge is 2.51. The highest BCUT2D eigenvalue weighted by atomic mass is 16.6. The lowest BCUT2D eigenvalue weighted by Gasteiger charge is -2.21. The molecule has 2 rings (SSSR count). The lowest BCUT2D eigenvalue weighted by atomic mass is 9.88. The molecule has 2 aliphatic heterocycles. The minimum Gasteiger partial charge on any atom is -0.395 e. The molecule has 0 aromatic heterocycles. The monoisotopic (exact) mass is 225 g/mol. The van der Waals surface area contributed by atoms with E-state index in [0.717, 1.165) is 25.0 Å². The molecule has 0 aromatic rings. The first-order valence-corrected chi connectivity index (χ1v) is 6.06. The van der Waals surface area contributed by atoms with E-state index in [1.165, 1.54) is 0 Å². The number of hydrogen-bond donors (Lipinski definition) is 0. The first-order valence-electron chi connectivity index (χ1n) is 6.06. The van der Waals surface area contributed by atoms with E-state index >= 15 is 0 Å². The van der Waals surface area contributed by atoms with Gasteiger partial charge in [-0.25, -0.2) is 0 Å². The average molecular weight is 225 g/mol. The number of ketones is 1. The number of unbranched alkanes of at least 4 members (excludes halogenated alkanes) is 2. The molecule has 0 radical (unpaired) electrons. The topological polar surface area (TPSA) is 47.9 Å². The second-order valence-corrected chi connectivity index (χ2v) is 4.69. The van der Waals surface area contributed by atoms with Gasteiger partial charge in [-0.3, -0.25) is 4.79 Å². The summed E-state index contributed by atoms with van der Waals surface area (Å²) in [4.78, 5) is 17.2. The van der Waals surface area contributed by atoms with Crippen LogP contribution in [-0.4, -0.2) is 30.3 Å². The molecule has 0 N–H and O–H groups in total.